The largest absolute Gasteiger partial charge is 0.461 e. The highest BCUT2D eigenvalue weighted by molar-refractivity contribution is 6.52. The van der Waals surface area contributed by atoms with E-state index in [0.29, 0.717) is 6.42 Å². The molecule has 0 amide bonds. The van der Waals surface area contributed by atoms with Crippen LogP contribution < -0.4 is 0 Å². The third kappa shape index (κ3) is 6.17. The first-order chi connectivity index (χ1) is 7.02. The first kappa shape index (κ1) is 14.9. The predicted molar refractivity (Wildman–Crippen MR) is 54.7 cm³/mol. The van der Waals surface area contributed by atoms with Gasteiger partial charge in [-0.2, -0.15) is 0 Å². The number of carbonyl (C=O) groups excluding carboxylic acids is 1. The minimum atomic E-state index is -1.27. The van der Waals surface area contributed by atoms with Gasteiger partial charge < -0.3 is 19.7 Å². The van der Waals surface area contributed by atoms with Crippen molar-refractivity contribution in [2.24, 2.45) is 0 Å². The molecule has 0 aromatic heterocycles. The van der Waals surface area contributed by atoms with Crippen molar-refractivity contribution >= 4 is 29.2 Å². The maximum atomic E-state index is 10.9. The Labute approximate surface area is 97.9 Å². The molecule has 0 aliphatic heterocycles. The van der Waals surface area contributed by atoms with E-state index in [2.05, 4.69) is 4.74 Å². The van der Waals surface area contributed by atoms with Crippen molar-refractivity contribution in [3.8, 4) is 0 Å². The van der Waals surface area contributed by atoms with Gasteiger partial charge in [0.25, 0.3) is 0 Å². The van der Waals surface area contributed by atoms with E-state index in [1.165, 1.54) is 0 Å². The van der Waals surface area contributed by atoms with Gasteiger partial charge in [-0.1, -0.05) is 30.1 Å². The lowest BCUT2D eigenvalue weighted by Crippen LogP contribution is -2.35. The van der Waals surface area contributed by atoms with E-state index in [4.69, 9.17) is 33.0 Å². The van der Waals surface area contributed by atoms with Crippen molar-refractivity contribution in [1.29, 1.82) is 0 Å². The summed E-state index contributed by atoms with van der Waals surface area (Å²) in [5.41, 5.74) is 0. The third-order valence-corrected chi connectivity index (χ3v) is 2.06. The zero-order valence-corrected chi connectivity index (χ0v) is 9.74. The first-order valence-electron chi connectivity index (χ1n) is 4.38. The minimum Gasteiger partial charge on any atom is -0.461 e. The molecule has 2 N–H and O–H groups in total. The highest BCUT2D eigenvalue weighted by Crippen LogP contribution is 2.08. The quantitative estimate of drug-likeness (QED) is 0.395. The molecule has 7 heteroatoms. The Kier molecular flexibility index (Phi) is 8.09. The average Bonchev–Trinajstić information content (AvgIpc) is 2.22. The number of hydrogen-bond acceptors (Lipinski definition) is 5. The van der Waals surface area contributed by atoms with Crippen molar-refractivity contribution in [1.82, 2.24) is 0 Å². The Morgan fingerprint density at radius 1 is 1.47 bits per heavy atom. The topological polar surface area (TPSA) is 76.0 Å². The van der Waals surface area contributed by atoms with E-state index in [1.54, 1.807) is 6.92 Å². The van der Waals surface area contributed by atoms with Crippen molar-refractivity contribution in [2.75, 3.05) is 13.4 Å². The predicted octanol–water partition coefficient (Wildman–Crippen LogP) is 0.439. The van der Waals surface area contributed by atoms with Gasteiger partial charge in [0.15, 0.2) is 0 Å². The summed E-state index contributed by atoms with van der Waals surface area (Å²) >= 11 is 10.5. The smallest absolute Gasteiger partial charge is 0.339 e. The van der Waals surface area contributed by atoms with Crippen LogP contribution in [-0.4, -0.2) is 46.6 Å². The van der Waals surface area contributed by atoms with Gasteiger partial charge >= 0.3 is 5.97 Å². The number of esters is 1. The van der Waals surface area contributed by atoms with Gasteiger partial charge in [-0.3, -0.25) is 0 Å². The number of hydrogen-bond donors (Lipinski definition) is 2. The Hall–Kier alpha value is -0.0700. The summed E-state index contributed by atoms with van der Waals surface area (Å²) in [6.45, 7) is 0.959. The third-order valence-electron chi connectivity index (χ3n) is 1.70. The van der Waals surface area contributed by atoms with Crippen LogP contribution in [0.3, 0.4) is 0 Å². The SMILES string of the molecule is CCC(O)C(COC(=O)C(Cl)Cl)OCO. The summed E-state index contributed by atoms with van der Waals surface area (Å²) in [4.78, 5) is 9.61. The van der Waals surface area contributed by atoms with Gasteiger partial charge in [-0.25, -0.2) is 4.79 Å². The molecule has 2 unspecified atom stereocenters. The average molecular weight is 261 g/mol. The summed E-state index contributed by atoms with van der Waals surface area (Å²) in [6, 6.07) is 0. The lowest BCUT2D eigenvalue weighted by Gasteiger charge is -2.21. The van der Waals surface area contributed by atoms with E-state index >= 15 is 0 Å². The van der Waals surface area contributed by atoms with E-state index in [9.17, 15) is 9.90 Å². The fourth-order valence-corrected chi connectivity index (χ4v) is 0.982. The molecule has 0 saturated carbocycles. The molecule has 5 nitrogen and oxygen atoms in total. The van der Waals surface area contributed by atoms with Gasteiger partial charge in [0.2, 0.25) is 4.84 Å². The number of halogens is 2. The van der Waals surface area contributed by atoms with Gasteiger partial charge in [-0.15, -0.1) is 0 Å². The second-order valence-corrected chi connectivity index (χ2v) is 3.84. The van der Waals surface area contributed by atoms with Crippen LogP contribution >= 0.6 is 23.2 Å². The molecule has 0 rings (SSSR count). The summed E-state index contributed by atoms with van der Waals surface area (Å²) in [6.07, 6.45) is -1.20. The van der Waals surface area contributed by atoms with Crippen LogP contribution in [0, 0.1) is 0 Å². The zero-order valence-electron chi connectivity index (χ0n) is 8.23. The van der Waals surface area contributed by atoms with E-state index < -0.39 is 29.8 Å². The van der Waals surface area contributed by atoms with Crippen LogP contribution in [0.4, 0.5) is 0 Å². The van der Waals surface area contributed by atoms with E-state index in [0.717, 1.165) is 0 Å². The van der Waals surface area contributed by atoms with Crippen molar-refractivity contribution < 1.29 is 24.5 Å². The van der Waals surface area contributed by atoms with Gasteiger partial charge in [0.1, 0.15) is 19.5 Å². The normalized spacial score (nSPS) is 15.1. The maximum Gasteiger partial charge on any atom is 0.339 e. The van der Waals surface area contributed by atoms with E-state index in [-0.39, 0.29) is 6.61 Å². The number of aliphatic hydroxyl groups excluding tert-OH is 2. The first-order valence-corrected chi connectivity index (χ1v) is 5.25. The summed E-state index contributed by atoms with van der Waals surface area (Å²) in [5.74, 6) is -0.812. The molecule has 15 heavy (non-hydrogen) atoms. The van der Waals surface area contributed by atoms with Crippen molar-refractivity contribution in [3.63, 3.8) is 0 Å². The molecule has 0 aliphatic rings. The van der Waals surface area contributed by atoms with Crippen LogP contribution in [0.15, 0.2) is 0 Å². The lowest BCUT2D eigenvalue weighted by molar-refractivity contribution is -0.156. The molecule has 90 valence electrons. The zero-order chi connectivity index (χ0) is 11.8. The molecule has 0 radical (unpaired) electrons. The van der Waals surface area contributed by atoms with Crippen LogP contribution in [-0.2, 0) is 14.3 Å². The minimum absolute atomic E-state index is 0.204. The molecule has 0 heterocycles. The van der Waals surface area contributed by atoms with Crippen LogP contribution in [0.5, 0.6) is 0 Å². The lowest BCUT2D eigenvalue weighted by atomic mass is 10.2. The second kappa shape index (κ2) is 8.13. The molecular formula is C8H14Cl2O5. The molecule has 2 atom stereocenters. The van der Waals surface area contributed by atoms with Crippen LogP contribution in [0.25, 0.3) is 0 Å². The number of carbonyl (C=O) groups is 1. The molecule has 0 bridgehead atoms. The van der Waals surface area contributed by atoms with Gasteiger partial charge in [0.05, 0.1) is 6.10 Å². The van der Waals surface area contributed by atoms with E-state index in [1.807, 2.05) is 0 Å². The summed E-state index contributed by atoms with van der Waals surface area (Å²) in [7, 11) is 0. The van der Waals surface area contributed by atoms with Crippen LogP contribution in [0.1, 0.15) is 13.3 Å². The van der Waals surface area contributed by atoms with Crippen LogP contribution in [0.2, 0.25) is 0 Å². The monoisotopic (exact) mass is 260 g/mol. The van der Waals surface area contributed by atoms with Crippen molar-refractivity contribution in [2.45, 2.75) is 30.4 Å². The number of ether oxygens (including phenoxy) is 2. The standard InChI is InChI=1S/C8H14Cl2O5/c1-2-5(12)6(15-4-11)3-14-8(13)7(9)10/h5-7,11-12H,2-4H2,1H3. The van der Waals surface area contributed by atoms with Gasteiger partial charge in [-0.05, 0) is 6.42 Å². The highest BCUT2D eigenvalue weighted by atomic mass is 35.5. The van der Waals surface area contributed by atoms with Gasteiger partial charge in [0, 0.05) is 0 Å². The fraction of sp³-hybridized carbons (Fsp3) is 0.875. The Bertz CT molecular complexity index is 188. The molecular weight excluding hydrogens is 247 g/mol. The molecule has 0 spiro atoms. The summed E-state index contributed by atoms with van der Waals surface area (Å²) < 4.78 is 9.41. The fourth-order valence-electron chi connectivity index (χ4n) is 0.856. The molecule has 0 aromatic rings. The second-order valence-electron chi connectivity index (χ2n) is 2.74. The number of alkyl halides is 2. The number of rotatable bonds is 7. The highest BCUT2D eigenvalue weighted by Gasteiger charge is 2.22. The molecule has 0 fully saturated rings. The molecule has 0 aromatic carbocycles. The number of aliphatic hydroxyl groups is 2. The maximum absolute atomic E-state index is 10.9. The molecule has 0 saturated heterocycles. The van der Waals surface area contributed by atoms with Crippen molar-refractivity contribution in [3.05, 3.63) is 0 Å². The Balaban J connectivity index is 4.00. The Morgan fingerprint density at radius 3 is 2.47 bits per heavy atom. The molecule has 0 aliphatic carbocycles. The Morgan fingerprint density at radius 2 is 2.07 bits per heavy atom. The summed E-state index contributed by atoms with van der Waals surface area (Å²) in [5, 5.41) is 17.9.